The Morgan fingerprint density at radius 2 is 1.94 bits per heavy atom. The van der Waals surface area contributed by atoms with E-state index in [4.69, 9.17) is 4.74 Å². The predicted octanol–water partition coefficient (Wildman–Crippen LogP) is 3.55. The molecule has 1 saturated heterocycles. The van der Waals surface area contributed by atoms with Gasteiger partial charge in [0, 0.05) is 24.8 Å². The zero-order chi connectivity index (χ0) is 22.3. The highest BCUT2D eigenvalue weighted by Gasteiger charge is 2.26. The highest BCUT2D eigenvalue weighted by atomic mass is 16.5. The van der Waals surface area contributed by atoms with Gasteiger partial charge < -0.3 is 15.0 Å². The van der Waals surface area contributed by atoms with E-state index in [0.29, 0.717) is 19.7 Å². The second-order valence-corrected chi connectivity index (χ2v) is 7.93. The number of hydrogen-bond donors (Lipinski definition) is 1. The first kappa shape index (κ1) is 21.6. The largest absolute Gasteiger partial charge is 0.494 e. The minimum atomic E-state index is -0.151. The first-order valence-corrected chi connectivity index (χ1v) is 11.0. The van der Waals surface area contributed by atoms with Crippen molar-refractivity contribution in [1.29, 1.82) is 0 Å². The van der Waals surface area contributed by atoms with Gasteiger partial charge in [-0.1, -0.05) is 30.3 Å². The molecule has 1 aliphatic rings. The minimum Gasteiger partial charge on any atom is -0.494 e. The first-order valence-electron chi connectivity index (χ1n) is 11.0. The molecule has 2 heterocycles. The third-order valence-corrected chi connectivity index (χ3v) is 5.62. The van der Waals surface area contributed by atoms with Crippen LogP contribution in [0.15, 0.2) is 71.7 Å². The van der Waals surface area contributed by atoms with Gasteiger partial charge in [0.1, 0.15) is 5.75 Å². The highest BCUT2D eigenvalue weighted by molar-refractivity contribution is 5.93. The van der Waals surface area contributed by atoms with Crippen LogP contribution in [0.1, 0.15) is 25.3 Å². The minimum absolute atomic E-state index is 0.00996. The molecule has 1 unspecified atom stereocenters. The lowest BCUT2D eigenvalue weighted by atomic mass is 9.96. The molecule has 2 aromatic carbocycles. The van der Waals surface area contributed by atoms with Gasteiger partial charge in [0.25, 0.3) is 5.56 Å². The van der Waals surface area contributed by atoms with Crippen LogP contribution in [-0.4, -0.2) is 35.4 Å². The van der Waals surface area contributed by atoms with Crippen LogP contribution in [-0.2, 0) is 11.3 Å². The fourth-order valence-electron chi connectivity index (χ4n) is 3.94. The molecule has 0 spiro atoms. The molecule has 1 aromatic heterocycles. The molecule has 166 valence electrons. The fraction of sp³-hybridized carbons (Fsp3) is 0.320. The predicted molar refractivity (Wildman–Crippen MR) is 125 cm³/mol. The average Bonchev–Trinajstić information content (AvgIpc) is 2.82. The third kappa shape index (κ3) is 5.35. The SMILES string of the molecule is CCOc1ccc(NC(=O)C2CCCN(c3cnn(Cc4ccccc4)c(=O)c3)C2)cc1. The van der Waals surface area contributed by atoms with Crippen LogP contribution in [0.25, 0.3) is 0 Å². The van der Waals surface area contributed by atoms with E-state index in [1.807, 2.05) is 61.5 Å². The second-order valence-electron chi connectivity index (χ2n) is 7.93. The molecule has 32 heavy (non-hydrogen) atoms. The number of nitrogens with zero attached hydrogens (tertiary/aromatic N) is 3. The molecule has 4 rings (SSSR count). The van der Waals surface area contributed by atoms with E-state index in [1.54, 1.807) is 12.3 Å². The van der Waals surface area contributed by atoms with Gasteiger partial charge in [0.05, 0.1) is 31.0 Å². The molecule has 0 saturated carbocycles. The lowest BCUT2D eigenvalue weighted by Crippen LogP contribution is -2.41. The van der Waals surface area contributed by atoms with Gasteiger partial charge >= 0.3 is 0 Å². The van der Waals surface area contributed by atoms with E-state index < -0.39 is 0 Å². The number of carbonyl (C=O) groups excluding carboxylic acids is 1. The van der Waals surface area contributed by atoms with Crippen molar-refractivity contribution in [1.82, 2.24) is 9.78 Å². The molecule has 1 aliphatic heterocycles. The van der Waals surface area contributed by atoms with Crippen molar-refractivity contribution in [2.45, 2.75) is 26.3 Å². The zero-order valence-electron chi connectivity index (χ0n) is 18.2. The van der Waals surface area contributed by atoms with Gasteiger partial charge in [0.2, 0.25) is 5.91 Å². The summed E-state index contributed by atoms with van der Waals surface area (Å²) in [5.41, 5.74) is 2.39. The first-order chi connectivity index (χ1) is 15.6. The lowest BCUT2D eigenvalue weighted by Gasteiger charge is -2.33. The van der Waals surface area contributed by atoms with Crippen molar-refractivity contribution in [3.05, 3.63) is 82.8 Å². The lowest BCUT2D eigenvalue weighted by molar-refractivity contribution is -0.120. The quantitative estimate of drug-likeness (QED) is 0.618. The molecular weight excluding hydrogens is 404 g/mol. The number of carbonyl (C=O) groups is 1. The standard InChI is InChI=1S/C25H28N4O3/c1-2-32-23-12-10-21(11-13-23)27-25(31)20-9-6-14-28(18-20)22-15-24(30)29(26-16-22)17-19-7-4-3-5-8-19/h3-5,7-8,10-13,15-16,20H,2,6,9,14,17-18H2,1H3,(H,27,31). The number of nitrogens with one attached hydrogen (secondary N) is 1. The van der Waals surface area contributed by atoms with Crippen molar-refractivity contribution in [2.75, 3.05) is 29.9 Å². The van der Waals surface area contributed by atoms with Crippen LogP contribution in [0.2, 0.25) is 0 Å². The van der Waals surface area contributed by atoms with Crippen molar-refractivity contribution in [3.63, 3.8) is 0 Å². The molecule has 0 bridgehead atoms. The van der Waals surface area contributed by atoms with Crippen LogP contribution in [0, 0.1) is 5.92 Å². The summed E-state index contributed by atoms with van der Waals surface area (Å²) in [6, 6.07) is 18.8. The van der Waals surface area contributed by atoms with Crippen LogP contribution < -0.4 is 20.5 Å². The highest BCUT2D eigenvalue weighted by Crippen LogP contribution is 2.24. The summed E-state index contributed by atoms with van der Waals surface area (Å²) in [6.45, 7) is 4.34. The summed E-state index contributed by atoms with van der Waals surface area (Å²) in [6.07, 6.45) is 3.42. The number of benzene rings is 2. The molecule has 0 radical (unpaired) electrons. The number of ether oxygens (including phenoxy) is 1. The summed E-state index contributed by atoms with van der Waals surface area (Å²) in [4.78, 5) is 27.5. The van der Waals surface area contributed by atoms with Crippen molar-refractivity contribution in [2.24, 2.45) is 5.92 Å². The van der Waals surface area contributed by atoms with Crippen molar-refractivity contribution < 1.29 is 9.53 Å². The van der Waals surface area contributed by atoms with E-state index in [2.05, 4.69) is 15.3 Å². The summed E-state index contributed by atoms with van der Waals surface area (Å²) >= 11 is 0. The third-order valence-electron chi connectivity index (χ3n) is 5.62. The van der Waals surface area contributed by atoms with Gasteiger partial charge in [-0.3, -0.25) is 9.59 Å². The topological polar surface area (TPSA) is 76.5 Å². The Labute approximate surface area is 187 Å². The molecule has 3 aromatic rings. The van der Waals surface area contributed by atoms with Crippen molar-refractivity contribution in [3.8, 4) is 5.75 Å². The molecule has 1 amide bonds. The number of hydrogen-bond acceptors (Lipinski definition) is 5. The zero-order valence-corrected chi connectivity index (χ0v) is 18.2. The van der Waals surface area contributed by atoms with Gasteiger partial charge in [-0.25, -0.2) is 4.68 Å². The van der Waals surface area contributed by atoms with E-state index in [0.717, 1.165) is 42.1 Å². The van der Waals surface area contributed by atoms with Crippen LogP contribution in [0.4, 0.5) is 11.4 Å². The summed E-state index contributed by atoms with van der Waals surface area (Å²) in [7, 11) is 0. The average molecular weight is 433 g/mol. The Hall–Kier alpha value is -3.61. The molecule has 7 heteroatoms. The van der Waals surface area contributed by atoms with E-state index in [9.17, 15) is 9.59 Å². The Bertz CT molecular complexity index is 1100. The molecular formula is C25H28N4O3. The smallest absolute Gasteiger partial charge is 0.269 e. The number of aromatic nitrogens is 2. The normalized spacial score (nSPS) is 15.9. The van der Waals surface area contributed by atoms with Crippen LogP contribution in [0.5, 0.6) is 5.75 Å². The molecule has 0 aliphatic carbocycles. The van der Waals surface area contributed by atoms with Gasteiger partial charge in [-0.15, -0.1) is 0 Å². The molecule has 1 atom stereocenters. The Morgan fingerprint density at radius 1 is 1.16 bits per heavy atom. The van der Waals surface area contributed by atoms with Crippen LogP contribution in [0.3, 0.4) is 0 Å². The van der Waals surface area contributed by atoms with E-state index in [-0.39, 0.29) is 17.4 Å². The molecule has 1 fully saturated rings. The Morgan fingerprint density at radius 3 is 2.66 bits per heavy atom. The van der Waals surface area contributed by atoms with E-state index in [1.165, 1.54) is 4.68 Å². The van der Waals surface area contributed by atoms with Gasteiger partial charge in [-0.05, 0) is 49.6 Å². The fourth-order valence-corrected chi connectivity index (χ4v) is 3.94. The number of rotatable bonds is 7. The second kappa shape index (κ2) is 10.1. The number of anilines is 2. The maximum absolute atomic E-state index is 12.8. The summed E-state index contributed by atoms with van der Waals surface area (Å²) < 4.78 is 6.90. The summed E-state index contributed by atoms with van der Waals surface area (Å²) in [5.74, 6) is 0.621. The Balaban J connectivity index is 1.39. The maximum atomic E-state index is 12.8. The van der Waals surface area contributed by atoms with Crippen molar-refractivity contribution >= 4 is 17.3 Å². The van der Waals surface area contributed by atoms with Gasteiger partial charge in [0.15, 0.2) is 0 Å². The van der Waals surface area contributed by atoms with Crippen LogP contribution >= 0.6 is 0 Å². The number of piperidine rings is 1. The van der Waals surface area contributed by atoms with E-state index >= 15 is 0 Å². The number of amides is 1. The summed E-state index contributed by atoms with van der Waals surface area (Å²) in [5, 5.41) is 7.36. The van der Waals surface area contributed by atoms with Gasteiger partial charge in [-0.2, -0.15) is 5.10 Å². The monoisotopic (exact) mass is 432 g/mol. The molecule has 1 N–H and O–H groups in total. The molecule has 7 nitrogen and oxygen atoms in total. The maximum Gasteiger partial charge on any atom is 0.269 e. The Kier molecular flexibility index (Phi) is 6.84.